The van der Waals surface area contributed by atoms with Gasteiger partial charge in [0.25, 0.3) is 0 Å². The number of hydrogen-bond donors (Lipinski definition) is 1. The molecule has 1 N–H and O–H groups in total. The molecule has 2 heteroatoms. The maximum Gasteiger partial charge on any atom is 0.0628 e. The molecule has 1 atom stereocenters. The van der Waals surface area contributed by atoms with E-state index in [2.05, 4.69) is 36.1 Å². The Balaban J connectivity index is 2.12. The minimum atomic E-state index is 0.202. The molecule has 16 heavy (non-hydrogen) atoms. The van der Waals surface area contributed by atoms with Gasteiger partial charge in [-0.05, 0) is 43.5 Å². The average molecular weight is 219 g/mol. The van der Waals surface area contributed by atoms with Crippen LogP contribution in [0.3, 0.4) is 0 Å². The van der Waals surface area contributed by atoms with Crippen molar-refractivity contribution in [3.63, 3.8) is 0 Å². The fourth-order valence-corrected chi connectivity index (χ4v) is 2.46. The van der Waals surface area contributed by atoms with Crippen LogP contribution in [0.5, 0.6) is 0 Å². The molecule has 0 aromatic heterocycles. The first kappa shape index (κ1) is 11.6. The second kappa shape index (κ2) is 5.46. The Bertz CT molecular complexity index is 314. The average Bonchev–Trinajstić information content (AvgIpc) is 2.85. The van der Waals surface area contributed by atoms with E-state index in [0.717, 1.165) is 19.5 Å². The third kappa shape index (κ3) is 2.45. The van der Waals surface area contributed by atoms with Crippen molar-refractivity contribution in [1.29, 1.82) is 0 Å². The van der Waals surface area contributed by atoms with Gasteiger partial charge in [0.05, 0.1) is 12.6 Å². The van der Waals surface area contributed by atoms with Gasteiger partial charge >= 0.3 is 0 Å². The lowest BCUT2D eigenvalue weighted by molar-refractivity contribution is 0.147. The van der Waals surface area contributed by atoms with E-state index < -0.39 is 0 Å². The normalized spacial score (nSPS) is 18.9. The third-order valence-electron chi connectivity index (χ3n) is 3.53. The predicted molar refractivity (Wildman–Crippen MR) is 66.5 cm³/mol. The lowest BCUT2D eigenvalue weighted by Crippen LogP contribution is -2.28. The van der Waals surface area contributed by atoms with Crippen LogP contribution in [0.4, 0.5) is 0 Å². The van der Waals surface area contributed by atoms with Crippen LogP contribution in [0.15, 0.2) is 24.3 Å². The fourth-order valence-electron chi connectivity index (χ4n) is 2.46. The summed E-state index contributed by atoms with van der Waals surface area (Å²) in [6.07, 6.45) is 3.61. The molecule has 1 fully saturated rings. The van der Waals surface area contributed by atoms with Crippen molar-refractivity contribution in [3.8, 4) is 0 Å². The lowest BCUT2D eigenvalue weighted by atomic mass is 10.0. The maximum atomic E-state index is 9.52. The number of rotatable bonds is 4. The van der Waals surface area contributed by atoms with Gasteiger partial charge in [0.2, 0.25) is 0 Å². The van der Waals surface area contributed by atoms with Crippen LogP contribution >= 0.6 is 0 Å². The number of benzene rings is 1. The first-order valence-electron chi connectivity index (χ1n) is 6.29. The van der Waals surface area contributed by atoms with Crippen molar-refractivity contribution in [2.45, 2.75) is 32.2 Å². The Morgan fingerprint density at radius 3 is 2.31 bits per heavy atom. The largest absolute Gasteiger partial charge is 0.394 e. The molecular formula is C14H21NO. The molecule has 1 aromatic carbocycles. The summed E-state index contributed by atoms with van der Waals surface area (Å²) in [6, 6.07) is 8.88. The predicted octanol–water partition coefficient (Wildman–Crippen LogP) is 2.38. The topological polar surface area (TPSA) is 23.5 Å². The van der Waals surface area contributed by atoms with Crippen LogP contribution < -0.4 is 0 Å². The number of aliphatic hydroxyl groups is 1. The van der Waals surface area contributed by atoms with Gasteiger partial charge < -0.3 is 5.11 Å². The lowest BCUT2D eigenvalue weighted by Gasteiger charge is -2.26. The van der Waals surface area contributed by atoms with Crippen LogP contribution in [0.1, 0.15) is 36.9 Å². The van der Waals surface area contributed by atoms with Crippen LogP contribution in [-0.2, 0) is 6.42 Å². The van der Waals surface area contributed by atoms with Crippen molar-refractivity contribution < 1.29 is 5.11 Å². The Morgan fingerprint density at radius 1 is 1.19 bits per heavy atom. The molecule has 1 saturated heterocycles. The summed E-state index contributed by atoms with van der Waals surface area (Å²) in [6.45, 7) is 4.64. The summed E-state index contributed by atoms with van der Waals surface area (Å²) in [5, 5.41) is 9.52. The molecule has 1 aromatic rings. The van der Waals surface area contributed by atoms with Gasteiger partial charge in [0.1, 0.15) is 0 Å². The molecule has 0 aliphatic carbocycles. The molecule has 1 aliphatic rings. The zero-order chi connectivity index (χ0) is 11.4. The molecule has 1 unspecified atom stereocenters. The van der Waals surface area contributed by atoms with Crippen molar-refractivity contribution in [2.24, 2.45) is 0 Å². The van der Waals surface area contributed by atoms with Crippen molar-refractivity contribution >= 4 is 0 Å². The summed E-state index contributed by atoms with van der Waals surface area (Å²) in [5.74, 6) is 0. The highest BCUT2D eigenvalue weighted by molar-refractivity contribution is 5.25. The zero-order valence-corrected chi connectivity index (χ0v) is 10.0. The first-order chi connectivity index (χ1) is 7.85. The second-order valence-corrected chi connectivity index (χ2v) is 4.54. The van der Waals surface area contributed by atoms with Gasteiger partial charge in [-0.25, -0.2) is 0 Å². The number of likely N-dealkylation sites (tertiary alicyclic amines) is 1. The molecule has 0 radical (unpaired) electrons. The molecule has 1 aliphatic heterocycles. The van der Waals surface area contributed by atoms with E-state index in [-0.39, 0.29) is 12.6 Å². The van der Waals surface area contributed by atoms with Gasteiger partial charge in [-0.3, -0.25) is 4.90 Å². The molecule has 2 nitrogen and oxygen atoms in total. The van der Waals surface area contributed by atoms with E-state index >= 15 is 0 Å². The van der Waals surface area contributed by atoms with Gasteiger partial charge in [-0.1, -0.05) is 31.2 Å². The number of hydrogen-bond acceptors (Lipinski definition) is 2. The van der Waals surface area contributed by atoms with E-state index in [1.165, 1.54) is 24.0 Å². The van der Waals surface area contributed by atoms with Gasteiger partial charge in [0.15, 0.2) is 0 Å². The third-order valence-corrected chi connectivity index (χ3v) is 3.53. The van der Waals surface area contributed by atoms with E-state index in [9.17, 15) is 5.11 Å². The second-order valence-electron chi connectivity index (χ2n) is 4.54. The molecule has 0 bridgehead atoms. The van der Waals surface area contributed by atoms with Crippen molar-refractivity contribution in [1.82, 2.24) is 4.90 Å². The SMILES string of the molecule is CCc1ccc(C(CO)N2CCCC2)cc1. The zero-order valence-electron chi connectivity index (χ0n) is 10.0. The smallest absolute Gasteiger partial charge is 0.0628 e. The maximum absolute atomic E-state index is 9.52. The van der Waals surface area contributed by atoms with Gasteiger partial charge in [-0.15, -0.1) is 0 Å². The Morgan fingerprint density at radius 2 is 1.81 bits per heavy atom. The molecule has 88 valence electrons. The minimum absolute atomic E-state index is 0.202. The molecule has 2 rings (SSSR count). The van der Waals surface area contributed by atoms with E-state index in [1.54, 1.807) is 0 Å². The molecule has 0 spiro atoms. The van der Waals surface area contributed by atoms with Gasteiger partial charge in [0, 0.05) is 0 Å². The van der Waals surface area contributed by atoms with Crippen LogP contribution in [0.2, 0.25) is 0 Å². The highest BCUT2D eigenvalue weighted by Gasteiger charge is 2.22. The number of aryl methyl sites for hydroxylation is 1. The highest BCUT2D eigenvalue weighted by atomic mass is 16.3. The minimum Gasteiger partial charge on any atom is -0.394 e. The van der Waals surface area contributed by atoms with E-state index in [4.69, 9.17) is 0 Å². The van der Waals surface area contributed by atoms with E-state index in [1.807, 2.05) is 0 Å². The van der Waals surface area contributed by atoms with Crippen molar-refractivity contribution in [2.75, 3.05) is 19.7 Å². The highest BCUT2D eigenvalue weighted by Crippen LogP contribution is 2.24. The molecular weight excluding hydrogens is 198 g/mol. The first-order valence-corrected chi connectivity index (χ1v) is 6.29. The number of aliphatic hydroxyl groups excluding tert-OH is 1. The van der Waals surface area contributed by atoms with Gasteiger partial charge in [-0.2, -0.15) is 0 Å². The summed E-state index contributed by atoms with van der Waals surface area (Å²) < 4.78 is 0. The Kier molecular flexibility index (Phi) is 3.97. The standard InChI is InChI=1S/C14H21NO/c1-2-12-5-7-13(8-6-12)14(11-16)15-9-3-4-10-15/h5-8,14,16H,2-4,9-11H2,1H3. The van der Waals surface area contributed by atoms with Crippen LogP contribution in [0.25, 0.3) is 0 Å². The summed E-state index contributed by atoms with van der Waals surface area (Å²) in [5.41, 5.74) is 2.61. The summed E-state index contributed by atoms with van der Waals surface area (Å²) >= 11 is 0. The monoisotopic (exact) mass is 219 g/mol. The van der Waals surface area contributed by atoms with Crippen LogP contribution in [0, 0.1) is 0 Å². The molecule has 0 amide bonds. The van der Waals surface area contributed by atoms with E-state index in [0.29, 0.717) is 0 Å². The Labute approximate surface area is 97.9 Å². The van der Waals surface area contributed by atoms with Crippen LogP contribution in [-0.4, -0.2) is 29.7 Å². The summed E-state index contributed by atoms with van der Waals surface area (Å²) in [4.78, 5) is 2.39. The molecule has 0 saturated carbocycles. The van der Waals surface area contributed by atoms with Crippen molar-refractivity contribution in [3.05, 3.63) is 35.4 Å². The molecule has 1 heterocycles. The number of nitrogens with zero attached hydrogens (tertiary/aromatic N) is 1. The quantitative estimate of drug-likeness (QED) is 0.840. The summed E-state index contributed by atoms with van der Waals surface area (Å²) in [7, 11) is 0. The fraction of sp³-hybridized carbons (Fsp3) is 0.571. The Hall–Kier alpha value is -0.860.